The van der Waals surface area contributed by atoms with Crippen LogP contribution in [0, 0.1) is 0 Å². The Hall–Kier alpha value is -1.30. The van der Waals surface area contributed by atoms with Crippen LogP contribution in [0.1, 0.15) is 39.2 Å². The molecule has 2 N–H and O–H groups in total. The van der Waals surface area contributed by atoms with E-state index in [2.05, 4.69) is 38.2 Å². The Morgan fingerprint density at radius 1 is 1.12 bits per heavy atom. The molecule has 0 spiro atoms. The standard InChI is InChI=1S/C19H29NO4/c1-14(19(21)6-8-22-9-7-19)20-13-18(2,3)15-4-5-16-17(12-15)24-11-10-23-16/h4-5,12,14,20-21H,6-11,13H2,1-3H3. The topological polar surface area (TPSA) is 60.0 Å². The van der Waals surface area contributed by atoms with Gasteiger partial charge in [0.15, 0.2) is 11.5 Å². The average Bonchev–Trinajstić information content (AvgIpc) is 2.60. The van der Waals surface area contributed by atoms with E-state index in [4.69, 9.17) is 14.2 Å². The molecule has 1 saturated heterocycles. The zero-order valence-corrected chi connectivity index (χ0v) is 14.9. The lowest BCUT2D eigenvalue weighted by Crippen LogP contribution is -2.54. The predicted molar refractivity (Wildman–Crippen MR) is 92.9 cm³/mol. The molecule has 1 unspecified atom stereocenters. The molecule has 0 bridgehead atoms. The molecule has 134 valence electrons. The first kappa shape index (κ1) is 17.5. The van der Waals surface area contributed by atoms with Gasteiger partial charge in [-0.05, 0) is 24.6 Å². The van der Waals surface area contributed by atoms with Gasteiger partial charge in [-0.2, -0.15) is 0 Å². The Balaban J connectivity index is 1.65. The summed E-state index contributed by atoms with van der Waals surface area (Å²) < 4.78 is 16.7. The fraction of sp³-hybridized carbons (Fsp3) is 0.684. The van der Waals surface area contributed by atoms with Crippen LogP contribution in [0.15, 0.2) is 18.2 Å². The van der Waals surface area contributed by atoms with E-state index in [1.54, 1.807) is 0 Å². The Morgan fingerprint density at radius 3 is 2.50 bits per heavy atom. The molecular formula is C19H29NO4. The van der Waals surface area contributed by atoms with Gasteiger partial charge >= 0.3 is 0 Å². The van der Waals surface area contributed by atoms with Crippen molar-refractivity contribution >= 4 is 0 Å². The van der Waals surface area contributed by atoms with Crippen LogP contribution >= 0.6 is 0 Å². The highest BCUT2D eigenvalue weighted by molar-refractivity contribution is 5.45. The largest absolute Gasteiger partial charge is 0.486 e. The highest BCUT2D eigenvalue weighted by atomic mass is 16.6. The Labute approximate surface area is 144 Å². The maximum atomic E-state index is 10.8. The normalized spacial score (nSPS) is 21.3. The van der Waals surface area contributed by atoms with Gasteiger partial charge in [0, 0.05) is 44.1 Å². The third-order valence-corrected chi connectivity index (χ3v) is 5.34. The molecule has 0 saturated carbocycles. The van der Waals surface area contributed by atoms with Gasteiger partial charge < -0.3 is 24.6 Å². The smallest absolute Gasteiger partial charge is 0.161 e. The minimum absolute atomic E-state index is 0.0258. The van der Waals surface area contributed by atoms with Gasteiger partial charge in [0.25, 0.3) is 0 Å². The fourth-order valence-corrected chi connectivity index (χ4v) is 3.32. The van der Waals surface area contributed by atoms with Crippen LogP contribution < -0.4 is 14.8 Å². The van der Waals surface area contributed by atoms with Gasteiger partial charge in [0.1, 0.15) is 13.2 Å². The van der Waals surface area contributed by atoms with E-state index in [1.807, 2.05) is 6.07 Å². The maximum Gasteiger partial charge on any atom is 0.161 e. The summed E-state index contributed by atoms with van der Waals surface area (Å²) in [4.78, 5) is 0. The first-order valence-corrected chi connectivity index (χ1v) is 8.84. The van der Waals surface area contributed by atoms with Crippen molar-refractivity contribution < 1.29 is 19.3 Å². The van der Waals surface area contributed by atoms with E-state index < -0.39 is 5.60 Å². The number of rotatable bonds is 5. The molecule has 1 aromatic rings. The van der Waals surface area contributed by atoms with Crippen molar-refractivity contribution in [3.63, 3.8) is 0 Å². The van der Waals surface area contributed by atoms with Crippen LogP contribution in [0.5, 0.6) is 11.5 Å². The monoisotopic (exact) mass is 335 g/mol. The zero-order valence-electron chi connectivity index (χ0n) is 14.9. The Kier molecular flexibility index (Phi) is 5.04. The number of hydrogen-bond donors (Lipinski definition) is 2. The van der Waals surface area contributed by atoms with E-state index in [9.17, 15) is 5.11 Å². The van der Waals surface area contributed by atoms with E-state index in [0.717, 1.165) is 18.0 Å². The van der Waals surface area contributed by atoms with Crippen LogP contribution in [-0.2, 0) is 10.2 Å². The summed E-state index contributed by atoms with van der Waals surface area (Å²) in [5.41, 5.74) is 0.442. The van der Waals surface area contributed by atoms with Crippen molar-refractivity contribution in [2.45, 2.75) is 50.7 Å². The summed E-state index contributed by atoms with van der Waals surface area (Å²) in [5.74, 6) is 1.64. The van der Waals surface area contributed by atoms with E-state index in [1.165, 1.54) is 5.56 Å². The molecule has 24 heavy (non-hydrogen) atoms. The maximum absolute atomic E-state index is 10.8. The number of fused-ring (bicyclic) bond motifs is 1. The Morgan fingerprint density at radius 2 is 1.79 bits per heavy atom. The molecule has 0 aliphatic carbocycles. The van der Waals surface area contributed by atoms with Crippen molar-refractivity contribution in [3.05, 3.63) is 23.8 Å². The molecule has 2 aliphatic rings. The summed E-state index contributed by atoms with van der Waals surface area (Å²) in [7, 11) is 0. The van der Waals surface area contributed by atoms with E-state index >= 15 is 0 Å². The minimum atomic E-state index is -0.679. The summed E-state index contributed by atoms with van der Waals surface area (Å²) in [6, 6.07) is 6.19. The molecular weight excluding hydrogens is 306 g/mol. The second kappa shape index (κ2) is 6.90. The Bertz CT molecular complexity index is 566. The quantitative estimate of drug-likeness (QED) is 0.864. The highest BCUT2D eigenvalue weighted by Gasteiger charge is 2.36. The lowest BCUT2D eigenvalue weighted by atomic mass is 9.82. The minimum Gasteiger partial charge on any atom is -0.486 e. The molecule has 0 aromatic heterocycles. The summed E-state index contributed by atoms with van der Waals surface area (Å²) in [6.45, 7) is 9.71. The zero-order chi connectivity index (χ0) is 17.2. The van der Waals surface area contributed by atoms with Crippen LogP contribution in [0.3, 0.4) is 0 Å². The van der Waals surface area contributed by atoms with Crippen molar-refractivity contribution in [2.24, 2.45) is 0 Å². The average molecular weight is 335 g/mol. The fourth-order valence-electron chi connectivity index (χ4n) is 3.32. The molecule has 0 amide bonds. The lowest BCUT2D eigenvalue weighted by molar-refractivity contribution is -0.0821. The molecule has 1 atom stereocenters. The van der Waals surface area contributed by atoms with Crippen LogP contribution in [0.25, 0.3) is 0 Å². The van der Waals surface area contributed by atoms with Crippen LogP contribution in [-0.4, -0.2) is 49.7 Å². The number of aliphatic hydroxyl groups is 1. The van der Waals surface area contributed by atoms with Crippen LogP contribution in [0.2, 0.25) is 0 Å². The molecule has 2 heterocycles. The highest BCUT2D eigenvalue weighted by Crippen LogP contribution is 2.35. The van der Waals surface area contributed by atoms with Gasteiger partial charge in [-0.1, -0.05) is 19.9 Å². The second-order valence-corrected chi connectivity index (χ2v) is 7.56. The molecule has 1 aromatic carbocycles. The van der Waals surface area contributed by atoms with Gasteiger partial charge in [-0.25, -0.2) is 0 Å². The molecule has 5 nitrogen and oxygen atoms in total. The number of ether oxygens (including phenoxy) is 3. The van der Waals surface area contributed by atoms with E-state index in [0.29, 0.717) is 39.3 Å². The van der Waals surface area contributed by atoms with Crippen LogP contribution in [0.4, 0.5) is 0 Å². The lowest BCUT2D eigenvalue weighted by Gasteiger charge is -2.39. The molecule has 1 fully saturated rings. The number of nitrogens with one attached hydrogen (secondary N) is 1. The van der Waals surface area contributed by atoms with Gasteiger partial charge in [0.05, 0.1) is 5.60 Å². The summed E-state index contributed by atoms with van der Waals surface area (Å²) >= 11 is 0. The molecule has 3 rings (SSSR count). The summed E-state index contributed by atoms with van der Waals surface area (Å²) in [5, 5.41) is 14.3. The van der Waals surface area contributed by atoms with Gasteiger partial charge in [-0.15, -0.1) is 0 Å². The van der Waals surface area contributed by atoms with Crippen molar-refractivity contribution in [3.8, 4) is 11.5 Å². The summed E-state index contributed by atoms with van der Waals surface area (Å²) in [6.07, 6.45) is 1.37. The third kappa shape index (κ3) is 3.68. The second-order valence-electron chi connectivity index (χ2n) is 7.56. The van der Waals surface area contributed by atoms with E-state index in [-0.39, 0.29) is 11.5 Å². The molecule has 2 aliphatic heterocycles. The molecule has 5 heteroatoms. The first-order valence-electron chi connectivity index (χ1n) is 8.84. The first-order chi connectivity index (χ1) is 11.4. The SMILES string of the molecule is CC(NCC(C)(C)c1ccc2c(c1)OCCO2)C1(O)CCOCC1. The van der Waals surface area contributed by atoms with Crippen molar-refractivity contribution in [1.82, 2.24) is 5.32 Å². The van der Waals surface area contributed by atoms with Crippen molar-refractivity contribution in [1.29, 1.82) is 0 Å². The number of benzene rings is 1. The third-order valence-electron chi connectivity index (χ3n) is 5.34. The van der Waals surface area contributed by atoms with Crippen molar-refractivity contribution in [2.75, 3.05) is 33.0 Å². The van der Waals surface area contributed by atoms with Gasteiger partial charge in [-0.3, -0.25) is 0 Å². The van der Waals surface area contributed by atoms with Gasteiger partial charge in [0.2, 0.25) is 0 Å². The predicted octanol–water partition coefficient (Wildman–Crippen LogP) is 2.25. The number of hydrogen-bond acceptors (Lipinski definition) is 5. The molecule has 0 radical (unpaired) electrons.